The summed E-state index contributed by atoms with van der Waals surface area (Å²) in [5.41, 5.74) is 3.29. The Morgan fingerprint density at radius 1 is 1.24 bits per heavy atom. The fraction of sp³-hybridized carbons (Fsp3) is 0.263. The maximum atomic E-state index is 12.8. The summed E-state index contributed by atoms with van der Waals surface area (Å²) in [5, 5.41) is 8.15. The molecule has 2 heterocycles. The third-order valence-electron chi connectivity index (χ3n) is 4.68. The van der Waals surface area contributed by atoms with Crippen LogP contribution < -0.4 is 15.5 Å². The largest absolute Gasteiger partial charge is 0.357 e. The number of Topliss-reactive ketones (excluding diaryl/α,β-unsaturated/α-hetero) is 1. The van der Waals surface area contributed by atoms with Gasteiger partial charge in [-0.15, -0.1) is 11.3 Å². The van der Waals surface area contributed by atoms with E-state index in [0.717, 1.165) is 34.8 Å². The SMILES string of the molecule is CNC(=O)N1c2ccccc2NC2=C(C(=O)CCC2)[C@@H]1c1cccs1. The number of nitrogens with zero attached hydrogens (tertiary/aromatic N) is 1. The van der Waals surface area contributed by atoms with Crippen LogP contribution in [-0.4, -0.2) is 18.9 Å². The minimum absolute atomic E-state index is 0.119. The summed E-state index contributed by atoms with van der Waals surface area (Å²) in [4.78, 5) is 28.4. The quantitative estimate of drug-likeness (QED) is 0.812. The molecule has 1 aromatic heterocycles. The van der Waals surface area contributed by atoms with E-state index in [1.807, 2.05) is 41.8 Å². The third-order valence-corrected chi connectivity index (χ3v) is 5.61. The maximum absolute atomic E-state index is 12.8. The topological polar surface area (TPSA) is 61.4 Å². The van der Waals surface area contributed by atoms with Crippen LogP contribution in [0.5, 0.6) is 0 Å². The predicted molar refractivity (Wildman–Crippen MR) is 99.9 cm³/mol. The number of rotatable bonds is 1. The zero-order valence-electron chi connectivity index (χ0n) is 13.9. The minimum atomic E-state index is -0.404. The van der Waals surface area contributed by atoms with Crippen molar-refractivity contribution < 1.29 is 9.59 Å². The molecule has 6 heteroatoms. The monoisotopic (exact) mass is 353 g/mol. The lowest BCUT2D eigenvalue weighted by Gasteiger charge is -2.32. The summed E-state index contributed by atoms with van der Waals surface area (Å²) in [6.07, 6.45) is 2.18. The Kier molecular flexibility index (Phi) is 4.05. The Labute approximate surface area is 150 Å². The molecule has 0 saturated carbocycles. The van der Waals surface area contributed by atoms with Crippen molar-refractivity contribution in [3.63, 3.8) is 0 Å². The summed E-state index contributed by atoms with van der Waals surface area (Å²) in [7, 11) is 1.62. The van der Waals surface area contributed by atoms with Gasteiger partial charge in [-0.25, -0.2) is 4.79 Å². The maximum Gasteiger partial charge on any atom is 0.322 e. The molecule has 0 fully saturated rings. The van der Waals surface area contributed by atoms with E-state index < -0.39 is 6.04 Å². The Hall–Kier alpha value is -2.60. The van der Waals surface area contributed by atoms with Gasteiger partial charge in [-0.3, -0.25) is 9.69 Å². The number of urea groups is 1. The van der Waals surface area contributed by atoms with E-state index in [0.29, 0.717) is 12.0 Å². The van der Waals surface area contributed by atoms with Crippen LogP contribution in [0.25, 0.3) is 0 Å². The summed E-state index contributed by atoms with van der Waals surface area (Å²) >= 11 is 1.57. The second-order valence-corrected chi connectivity index (χ2v) is 7.13. The van der Waals surface area contributed by atoms with Crippen LogP contribution in [0.4, 0.5) is 16.2 Å². The molecule has 2 N–H and O–H groups in total. The number of carbonyl (C=O) groups excluding carboxylic acids is 2. The second kappa shape index (κ2) is 6.37. The standard InChI is InChI=1S/C19H19N3O2S/c1-20-19(24)22-14-8-3-2-6-12(14)21-13-7-4-9-15(23)17(13)18(22)16-10-5-11-25-16/h2-3,5-6,8,10-11,18,21H,4,7,9H2,1H3,(H,20,24)/t18-/m0/s1. The van der Waals surface area contributed by atoms with Crippen LogP contribution in [0.2, 0.25) is 0 Å². The molecule has 25 heavy (non-hydrogen) atoms. The predicted octanol–water partition coefficient (Wildman–Crippen LogP) is 4.07. The number of amides is 2. The van der Waals surface area contributed by atoms with Crippen LogP contribution in [-0.2, 0) is 4.79 Å². The normalized spacial score (nSPS) is 19.6. The van der Waals surface area contributed by atoms with E-state index in [4.69, 9.17) is 0 Å². The van der Waals surface area contributed by atoms with Gasteiger partial charge in [0, 0.05) is 29.6 Å². The Balaban J connectivity index is 1.99. The lowest BCUT2D eigenvalue weighted by atomic mass is 9.88. The average molecular weight is 353 g/mol. The van der Waals surface area contributed by atoms with Crippen LogP contribution in [0, 0.1) is 0 Å². The van der Waals surface area contributed by atoms with Crippen molar-refractivity contribution in [2.24, 2.45) is 0 Å². The zero-order chi connectivity index (χ0) is 17.4. The lowest BCUT2D eigenvalue weighted by molar-refractivity contribution is -0.116. The summed E-state index contributed by atoms with van der Waals surface area (Å²) in [6.45, 7) is 0. The zero-order valence-corrected chi connectivity index (χ0v) is 14.7. The van der Waals surface area contributed by atoms with Gasteiger partial charge in [-0.1, -0.05) is 18.2 Å². The number of allylic oxidation sites excluding steroid dienone is 1. The third kappa shape index (κ3) is 2.62. The van der Waals surface area contributed by atoms with Gasteiger partial charge in [0.15, 0.2) is 5.78 Å². The van der Waals surface area contributed by atoms with Crippen molar-refractivity contribution >= 4 is 34.5 Å². The van der Waals surface area contributed by atoms with Crippen molar-refractivity contribution in [2.45, 2.75) is 25.3 Å². The Bertz CT molecular complexity index is 857. The first-order valence-electron chi connectivity index (χ1n) is 8.37. The fourth-order valence-corrected chi connectivity index (χ4v) is 4.42. The van der Waals surface area contributed by atoms with E-state index in [-0.39, 0.29) is 11.8 Å². The van der Waals surface area contributed by atoms with E-state index >= 15 is 0 Å². The molecule has 2 aromatic rings. The van der Waals surface area contributed by atoms with Crippen LogP contribution >= 0.6 is 11.3 Å². The van der Waals surface area contributed by atoms with Crippen molar-refractivity contribution in [2.75, 3.05) is 17.3 Å². The minimum Gasteiger partial charge on any atom is -0.357 e. The molecule has 0 bridgehead atoms. The van der Waals surface area contributed by atoms with Crippen molar-refractivity contribution in [1.82, 2.24) is 5.32 Å². The average Bonchev–Trinajstić information content (AvgIpc) is 3.10. The molecular formula is C19H19N3O2S. The molecule has 4 rings (SSSR count). The Morgan fingerprint density at radius 2 is 2.08 bits per heavy atom. The van der Waals surface area contributed by atoms with Gasteiger partial charge in [0.25, 0.3) is 0 Å². The molecule has 1 aromatic carbocycles. The number of thiophene rings is 1. The molecule has 2 amide bonds. The highest BCUT2D eigenvalue weighted by Gasteiger charge is 2.39. The van der Waals surface area contributed by atoms with Gasteiger partial charge in [-0.05, 0) is 36.4 Å². The van der Waals surface area contributed by atoms with Gasteiger partial charge in [-0.2, -0.15) is 0 Å². The lowest BCUT2D eigenvalue weighted by Crippen LogP contribution is -2.42. The van der Waals surface area contributed by atoms with Crippen molar-refractivity contribution in [3.05, 3.63) is 57.9 Å². The van der Waals surface area contributed by atoms with Gasteiger partial charge in [0.05, 0.1) is 11.4 Å². The van der Waals surface area contributed by atoms with Crippen LogP contribution in [0.15, 0.2) is 53.0 Å². The number of ketones is 1. The molecular weight excluding hydrogens is 334 g/mol. The molecule has 5 nitrogen and oxygen atoms in total. The number of hydrogen-bond donors (Lipinski definition) is 2. The number of anilines is 2. The van der Waals surface area contributed by atoms with Gasteiger partial charge in [0.1, 0.15) is 6.04 Å². The molecule has 2 aliphatic rings. The number of carbonyl (C=O) groups is 2. The molecule has 1 aliphatic heterocycles. The highest BCUT2D eigenvalue weighted by Crippen LogP contribution is 2.45. The van der Waals surface area contributed by atoms with E-state index in [1.165, 1.54) is 0 Å². The highest BCUT2D eigenvalue weighted by molar-refractivity contribution is 7.10. The number of fused-ring (bicyclic) bond motifs is 1. The van der Waals surface area contributed by atoms with Crippen LogP contribution in [0.3, 0.4) is 0 Å². The summed E-state index contributed by atoms with van der Waals surface area (Å²) in [6, 6.07) is 11.0. The first-order chi connectivity index (χ1) is 12.2. The van der Waals surface area contributed by atoms with Gasteiger partial charge < -0.3 is 10.6 Å². The van der Waals surface area contributed by atoms with E-state index in [9.17, 15) is 9.59 Å². The first kappa shape index (κ1) is 15.9. The van der Waals surface area contributed by atoms with Crippen LogP contribution in [0.1, 0.15) is 30.2 Å². The molecule has 0 unspecified atom stereocenters. The second-order valence-electron chi connectivity index (χ2n) is 6.15. The molecule has 128 valence electrons. The van der Waals surface area contributed by atoms with Gasteiger partial charge >= 0.3 is 6.03 Å². The first-order valence-corrected chi connectivity index (χ1v) is 9.25. The molecule has 1 aliphatic carbocycles. The summed E-state index contributed by atoms with van der Waals surface area (Å²) in [5.74, 6) is 0.119. The molecule has 0 radical (unpaired) electrons. The number of benzene rings is 1. The fourth-order valence-electron chi connectivity index (χ4n) is 3.59. The molecule has 0 spiro atoms. The van der Waals surface area contributed by atoms with E-state index in [2.05, 4.69) is 10.6 Å². The number of nitrogens with one attached hydrogen (secondary N) is 2. The summed E-state index contributed by atoms with van der Waals surface area (Å²) < 4.78 is 0. The van der Waals surface area contributed by atoms with Crippen molar-refractivity contribution in [3.8, 4) is 0 Å². The Morgan fingerprint density at radius 3 is 2.84 bits per heavy atom. The number of hydrogen-bond acceptors (Lipinski definition) is 4. The van der Waals surface area contributed by atoms with E-state index in [1.54, 1.807) is 23.3 Å². The number of para-hydroxylation sites is 2. The van der Waals surface area contributed by atoms with Gasteiger partial charge in [0.2, 0.25) is 0 Å². The smallest absolute Gasteiger partial charge is 0.322 e. The van der Waals surface area contributed by atoms with Crippen molar-refractivity contribution in [1.29, 1.82) is 0 Å². The molecule has 0 saturated heterocycles. The highest BCUT2D eigenvalue weighted by atomic mass is 32.1. The molecule has 1 atom stereocenters.